The van der Waals surface area contributed by atoms with Gasteiger partial charge in [-0.05, 0) is 30.2 Å². The van der Waals surface area contributed by atoms with Gasteiger partial charge < -0.3 is 10.6 Å². The molecule has 0 radical (unpaired) electrons. The first-order valence-corrected chi connectivity index (χ1v) is 6.73. The van der Waals surface area contributed by atoms with Crippen LogP contribution >= 0.6 is 0 Å². The van der Waals surface area contributed by atoms with Crippen LogP contribution in [-0.2, 0) is 0 Å². The first kappa shape index (κ1) is 12.2. The van der Waals surface area contributed by atoms with Crippen LogP contribution in [0.15, 0.2) is 42.5 Å². The summed E-state index contributed by atoms with van der Waals surface area (Å²) in [4.78, 5) is 14.6. The van der Waals surface area contributed by atoms with Crippen LogP contribution in [-0.4, -0.2) is 29.4 Å². The van der Waals surface area contributed by atoms with Gasteiger partial charge in [0.05, 0.1) is 0 Å². The van der Waals surface area contributed by atoms with E-state index in [4.69, 9.17) is 5.73 Å². The second-order valence-electron chi connectivity index (χ2n) is 5.22. The standard InChI is InChI=1S/C16H18N2O/c1-11-15(17)9-10-18(11)16(19)14-8-4-6-12-5-2-3-7-13(12)14/h2-8,11,15H,9-10,17H2,1H3. The Morgan fingerprint density at radius 3 is 2.68 bits per heavy atom. The summed E-state index contributed by atoms with van der Waals surface area (Å²) >= 11 is 0. The number of carbonyl (C=O) groups is 1. The van der Waals surface area contributed by atoms with Gasteiger partial charge in [-0.1, -0.05) is 36.4 Å². The Kier molecular flexibility index (Phi) is 2.99. The van der Waals surface area contributed by atoms with E-state index in [1.165, 1.54) is 0 Å². The van der Waals surface area contributed by atoms with Crippen LogP contribution in [0.25, 0.3) is 10.8 Å². The highest BCUT2D eigenvalue weighted by atomic mass is 16.2. The number of carbonyl (C=O) groups excluding carboxylic acids is 1. The number of likely N-dealkylation sites (tertiary alicyclic amines) is 1. The van der Waals surface area contributed by atoms with E-state index >= 15 is 0 Å². The molecule has 1 saturated heterocycles. The van der Waals surface area contributed by atoms with Crippen molar-refractivity contribution in [3.8, 4) is 0 Å². The summed E-state index contributed by atoms with van der Waals surface area (Å²) in [5, 5.41) is 2.12. The molecule has 0 bridgehead atoms. The second kappa shape index (κ2) is 4.67. The minimum atomic E-state index is 0.0947. The van der Waals surface area contributed by atoms with Crippen molar-refractivity contribution in [1.82, 2.24) is 4.90 Å². The van der Waals surface area contributed by atoms with Gasteiger partial charge in [0, 0.05) is 24.2 Å². The lowest BCUT2D eigenvalue weighted by Crippen LogP contribution is -2.40. The maximum Gasteiger partial charge on any atom is 0.254 e. The molecule has 0 aliphatic carbocycles. The summed E-state index contributed by atoms with van der Waals surface area (Å²) in [5.41, 5.74) is 6.78. The number of benzene rings is 2. The summed E-state index contributed by atoms with van der Waals surface area (Å²) in [5.74, 6) is 0.0947. The van der Waals surface area contributed by atoms with E-state index < -0.39 is 0 Å². The predicted octanol–water partition coefficient (Wildman–Crippen LogP) is 2.40. The maximum atomic E-state index is 12.7. The Labute approximate surface area is 113 Å². The zero-order valence-corrected chi connectivity index (χ0v) is 11.0. The van der Waals surface area contributed by atoms with Gasteiger partial charge >= 0.3 is 0 Å². The zero-order chi connectivity index (χ0) is 13.4. The Bertz CT molecular complexity index is 618. The minimum Gasteiger partial charge on any atom is -0.334 e. The molecule has 0 aromatic heterocycles. The van der Waals surface area contributed by atoms with Crippen LogP contribution in [0.4, 0.5) is 0 Å². The van der Waals surface area contributed by atoms with E-state index in [1.807, 2.05) is 54.3 Å². The number of rotatable bonds is 1. The Hall–Kier alpha value is -1.87. The smallest absolute Gasteiger partial charge is 0.254 e. The van der Waals surface area contributed by atoms with E-state index in [0.717, 1.165) is 29.3 Å². The number of hydrogen-bond acceptors (Lipinski definition) is 2. The molecule has 3 heteroatoms. The van der Waals surface area contributed by atoms with Crippen molar-refractivity contribution >= 4 is 16.7 Å². The fourth-order valence-electron chi connectivity index (χ4n) is 2.82. The van der Waals surface area contributed by atoms with Crippen molar-refractivity contribution < 1.29 is 4.79 Å². The molecule has 2 atom stereocenters. The second-order valence-corrected chi connectivity index (χ2v) is 5.22. The number of hydrogen-bond donors (Lipinski definition) is 1. The SMILES string of the molecule is CC1C(N)CCN1C(=O)c1cccc2ccccc12. The quantitative estimate of drug-likeness (QED) is 0.849. The van der Waals surface area contributed by atoms with Gasteiger partial charge in [0.2, 0.25) is 0 Å². The first-order valence-electron chi connectivity index (χ1n) is 6.73. The summed E-state index contributed by atoms with van der Waals surface area (Å²) in [6, 6.07) is 14.1. The van der Waals surface area contributed by atoms with Crippen molar-refractivity contribution in [2.45, 2.75) is 25.4 Å². The fraction of sp³-hybridized carbons (Fsp3) is 0.312. The molecule has 2 aromatic carbocycles. The number of amides is 1. The van der Waals surface area contributed by atoms with Crippen molar-refractivity contribution in [2.75, 3.05) is 6.54 Å². The molecule has 2 aromatic rings. The highest BCUT2D eigenvalue weighted by Gasteiger charge is 2.32. The molecule has 1 amide bonds. The van der Waals surface area contributed by atoms with Crippen molar-refractivity contribution in [3.63, 3.8) is 0 Å². The lowest BCUT2D eigenvalue weighted by molar-refractivity contribution is 0.0744. The monoisotopic (exact) mass is 254 g/mol. The van der Waals surface area contributed by atoms with Gasteiger partial charge in [-0.3, -0.25) is 4.79 Å². The van der Waals surface area contributed by atoms with Crippen molar-refractivity contribution in [2.24, 2.45) is 5.73 Å². The predicted molar refractivity (Wildman–Crippen MR) is 77.0 cm³/mol. The summed E-state index contributed by atoms with van der Waals surface area (Å²) in [6.45, 7) is 2.78. The molecule has 0 spiro atoms. The highest BCUT2D eigenvalue weighted by Crippen LogP contribution is 2.24. The highest BCUT2D eigenvalue weighted by molar-refractivity contribution is 6.07. The zero-order valence-electron chi connectivity index (χ0n) is 11.0. The van der Waals surface area contributed by atoms with Crippen LogP contribution in [0.1, 0.15) is 23.7 Å². The summed E-state index contributed by atoms with van der Waals surface area (Å²) < 4.78 is 0. The van der Waals surface area contributed by atoms with Gasteiger partial charge in [-0.2, -0.15) is 0 Å². The number of nitrogens with zero attached hydrogens (tertiary/aromatic N) is 1. The van der Waals surface area contributed by atoms with E-state index in [0.29, 0.717) is 0 Å². The number of nitrogens with two attached hydrogens (primary N) is 1. The molecule has 3 nitrogen and oxygen atoms in total. The van der Waals surface area contributed by atoms with Crippen LogP contribution in [0.2, 0.25) is 0 Å². The number of fused-ring (bicyclic) bond motifs is 1. The van der Waals surface area contributed by atoms with Gasteiger partial charge in [-0.15, -0.1) is 0 Å². The minimum absolute atomic E-state index is 0.0947. The summed E-state index contributed by atoms with van der Waals surface area (Å²) in [6.07, 6.45) is 0.887. The molecule has 19 heavy (non-hydrogen) atoms. The Morgan fingerprint density at radius 1 is 1.21 bits per heavy atom. The summed E-state index contributed by atoms with van der Waals surface area (Å²) in [7, 11) is 0. The molecule has 1 aliphatic rings. The molecular weight excluding hydrogens is 236 g/mol. The molecular formula is C16H18N2O. The van der Waals surface area contributed by atoms with E-state index in [9.17, 15) is 4.79 Å². The third-order valence-electron chi connectivity index (χ3n) is 4.10. The topological polar surface area (TPSA) is 46.3 Å². The Morgan fingerprint density at radius 2 is 1.95 bits per heavy atom. The van der Waals surface area contributed by atoms with Gasteiger partial charge in [0.15, 0.2) is 0 Å². The van der Waals surface area contributed by atoms with Gasteiger partial charge in [0.25, 0.3) is 5.91 Å². The van der Waals surface area contributed by atoms with Crippen LogP contribution < -0.4 is 5.73 Å². The third kappa shape index (κ3) is 2.00. The maximum absolute atomic E-state index is 12.7. The molecule has 1 aliphatic heterocycles. The van der Waals surface area contributed by atoms with E-state index in [1.54, 1.807) is 0 Å². The molecule has 1 fully saturated rings. The molecule has 98 valence electrons. The van der Waals surface area contributed by atoms with Gasteiger partial charge in [0.1, 0.15) is 0 Å². The van der Waals surface area contributed by atoms with Crippen molar-refractivity contribution in [3.05, 3.63) is 48.0 Å². The average molecular weight is 254 g/mol. The lowest BCUT2D eigenvalue weighted by Gasteiger charge is -2.23. The Balaban J connectivity index is 2.03. The van der Waals surface area contributed by atoms with Gasteiger partial charge in [-0.25, -0.2) is 0 Å². The average Bonchev–Trinajstić information content (AvgIpc) is 2.78. The molecule has 3 rings (SSSR count). The van der Waals surface area contributed by atoms with Crippen LogP contribution in [0, 0.1) is 0 Å². The van der Waals surface area contributed by atoms with E-state index in [2.05, 4.69) is 0 Å². The first-order chi connectivity index (χ1) is 9.18. The molecule has 1 heterocycles. The van der Waals surface area contributed by atoms with Crippen molar-refractivity contribution in [1.29, 1.82) is 0 Å². The normalized spacial score (nSPS) is 22.9. The largest absolute Gasteiger partial charge is 0.334 e. The van der Waals surface area contributed by atoms with Crippen LogP contribution in [0.5, 0.6) is 0 Å². The fourth-order valence-corrected chi connectivity index (χ4v) is 2.82. The van der Waals surface area contributed by atoms with Crippen LogP contribution in [0.3, 0.4) is 0 Å². The molecule has 0 saturated carbocycles. The lowest BCUT2D eigenvalue weighted by atomic mass is 10.0. The molecule has 2 N–H and O–H groups in total. The third-order valence-corrected chi connectivity index (χ3v) is 4.10. The van der Waals surface area contributed by atoms with E-state index in [-0.39, 0.29) is 18.0 Å². The molecule has 2 unspecified atom stereocenters.